The van der Waals surface area contributed by atoms with Crippen LogP contribution in [0.2, 0.25) is 0 Å². The van der Waals surface area contributed by atoms with Gasteiger partial charge >= 0.3 is 0 Å². The van der Waals surface area contributed by atoms with Crippen molar-refractivity contribution in [1.29, 1.82) is 0 Å². The van der Waals surface area contributed by atoms with E-state index in [-0.39, 0.29) is 0 Å². The molecule has 0 aliphatic rings. The van der Waals surface area contributed by atoms with Crippen molar-refractivity contribution in [2.45, 2.75) is 20.4 Å². The van der Waals surface area contributed by atoms with Crippen LogP contribution in [0.3, 0.4) is 0 Å². The van der Waals surface area contributed by atoms with E-state index in [1.165, 1.54) is 5.56 Å². The Kier molecular flexibility index (Phi) is 2.56. The van der Waals surface area contributed by atoms with Crippen molar-refractivity contribution in [3.05, 3.63) is 41.2 Å². The summed E-state index contributed by atoms with van der Waals surface area (Å²) < 4.78 is 5.15. The minimum atomic E-state index is 0.394. The summed E-state index contributed by atoms with van der Waals surface area (Å²) in [5.41, 5.74) is 9.75. The fourth-order valence-electron chi connectivity index (χ4n) is 1.54. The van der Waals surface area contributed by atoms with E-state index in [1.54, 1.807) is 0 Å². The first kappa shape index (κ1) is 9.93. The van der Waals surface area contributed by atoms with Gasteiger partial charge in [-0.25, -0.2) is 0 Å². The highest BCUT2D eigenvalue weighted by Crippen LogP contribution is 2.24. The highest BCUT2D eigenvalue weighted by Gasteiger charge is 2.11. The van der Waals surface area contributed by atoms with Gasteiger partial charge < -0.3 is 10.3 Å². The molecule has 0 bridgehead atoms. The smallest absolute Gasteiger partial charge is 0.153 e. The lowest BCUT2D eigenvalue weighted by Crippen LogP contribution is -1.95. The van der Waals surface area contributed by atoms with Crippen molar-refractivity contribution in [1.82, 2.24) is 5.16 Å². The molecular formula is C12H14N2O. The van der Waals surface area contributed by atoms with E-state index in [2.05, 4.69) is 24.2 Å². The van der Waals surface area contributed by atoms with E-state index in [4.69, 9.17) is 10.3 Å². The molecule has 0 fully saturated rings. The lowest BCUT2D eigenvalue weighted by molar-refractivity contribution is 0.386. The Morgan fingerprint density at radius 2 is 1.87 bits per heavy atom. The van der Waals surface area contributed by atoms with Crippen molar-refractivity contribution in [3.8, 4) is 11.3 Å². The van der Waals surface area contributed by atoms with Crippen LogP contribution in [-0.4, -0.2) is 5.16 Å². The average Bonchev–Trinajstić information content (AvgIpc) is 2.61. The Labute approximate surface area is 88.9 Å². The van der Waals surface area contributed by atoms with E-state index in [0.29, 0.717) is 6.54 Å². The number of aromatic nitrogens is 1. The number of nitrogens with two attached hydrogens (primary N) is 1. The number of rotatable bonds is 2. The second kappa shape index (κ2) is 3.87. The van der Waals surface area contributed by atoms with Crippen molar-refractivity contribution in [2.75, 3.05) is 0 Å². The van der Waals surface area contributed by atoms with Crippen LogP contribution in [0.4, 0.5) is 0 Å². The molecule has 0 saturated carbocycles. The Bertz CT molecular complexity index is 457. The average molecular weight is 202 g/mol. The van der Waals surface area contributed by atoms with Crippen LogP contribution >= 0.6 is 0 Å². The van der Waals surface area contributed by atoms with Gasteiger partial charge in [-0.1, -0.05) is 35.0 Å². The first-order chi connectivity index (χ1) is 7.22. The third-order valence-corrected chi connectivity index (χ3v) is 2.53. The van der Waals surface area contributed by atoms with E-state index >= 15 is 0 Å². The molecular weight excluding hydrogens is 188 g/mol. The first-order valence-electron chi connectivity index (χ1n) is 4.94. The van der Waals surface area contributed by atoms with Crippen LogP contribution in [0.5, 0.6) is 0 Å². The molecule has 0 amide bonds. The summed E-state index contributed by atoms with van der Waals surface area (Å²) in [6.07, 6.45) is 0. The predicted octanol–water partition coefficient (Wildman–Crippen LogP) is 2.42. The summed E-state index contributed by atoms with van der Waals surface area (Å²) in [6, 6.07) is 8.21. The van der Waals surface area contributed by atoms with Gasteiger partial charge in [0.25, 0.3) is 0 Å². The van der Waals surface area contributed by atoms with Crippen molar-refractivity contribution in [3.63, 3.8) is 0 Å². The van der Waals surface area contributed by atoms with Crippen molar-refractivity contribution >= 4 is 0 Å². The highest BCUT2D eigenvalue weighted by molar-refractivity contribution is 5.63. The van der Waals surface area contributed by atoms with Gasteiger partial charge in [0.15, 0.2) is 5.76 Å². The van der Waals surface area contributed by atoms with Crippen LogP contribution < -0.4 is 5.73 Å². The number of aryl methyl sites for hydroxylation is 1. The standard InChI is InChI=1S/C12H14N2O/c1-8-3-5-10(6-4-8)12-9(2)11(7-13)15-14-12/h3-6H,7,13H2,1-2H3. The number of nitrogens with zero attached hydrogens (tertiary/aromatic N) is 1. The fourth-order valence-corrected chi connectivity index (χ4v) is 1.54. The number of benzene rings is 1. The summed E-state index contributed by atoms with van der Waals surface area (Å²) >= 11 is 0. The lowest BCUT2D eigenvalue weighted by Gasteiger charge is -1.98. The molecule has 15 heavy (non-hydrogen) atoms. The molecule has 1 heterocycles. The molecule has 2 rings (SSSR count). The van der Waals surface area contributed by atoms with E-state index in [1.807, 2.05) is 19.1 Å². The molecule has 0 unspecified atom stereocenters. The normalized spacial score (nSPS) is 10.6. The molecule has 78 valence electrons. The summed E-state index contributed by atoms with van der Waals surface area (Å²) in [6.45, 7) is 4.43. The molecule has 0 aliphatic heterocycles. The zero-order valence-electron chi connectivity index (χ0n) is 8.95. The maximum absolute atomic E-state index is 5.53. The fraction of sp³-hybridized carbons (Fsp3) is 0.250. The highest BCUT2D eigenvalue weighted by atomic mass is 16.5. The maximum Gasteiger partial charge on any atom is 0.153 e. The van der Waals surface area contributed by atoms with Crippen LogP contribution in [0.25, 0.3) is 11.3 Å². The Morgan fingerprint density at radius 1 is 1.20 bits per heavy atom. The molecule has 0 atom stereocenters. The van der Waals surface area contributed by atoms with Crippen molar-refractivity contribution < 1.29 is 4.52 Å². The molecule has 2 N–H and O–H groups in total. The second-order valence-corrected chi connectivity index (χ2v) is 3.65. The topological polar surface area (TPSA) is 52.0 Å². The molecule has 0 radical (unpaired) electrons. The van der Waals surface area contributed by atoms with Gasteiger partial charge in [-0.05, 0) is 13.8 Å². The largest absolute Gasteiger partial charge is 0.359 e. The molecule has 0 aliphatic carbocycles. The summed E-state index contributed by atoms with van der Waals surface area (Å²) in [4.78, 5) is 0. The van der Waals surface area contributed by atoms with Gasteiger partial charge in [-0.2, -0.15) is 0 Å². The molecule has 2 aromatic rings. The molecule has 3 heteroatoms. The van der Waals surface area contributed by atoms with E-state index < -0.39 is 0 Å². The summed E-state index contributed by atoms with van der Waals surface area (Å²) in [5.74, 6) is 0.755. The van der Waals surface area contributed by atoms with Crippen molar-refractivity contribution in [2.24, 2.45) is 5.73 Å². The molecule has 1 aromatic carbocycles. The third kappa shape index (κ3) is 1.78. The van der Waals surface area contributed by atoms with Crippen LogP contribution in [0.15, 0.2) is 28.8 Å². The zero-order chi connectivity index (χ0) is 10.8. The summed E-state index contributed by atoms with van der Waals surface area (Å²) in [7, 11) is 0. The SMILES string of the molecule is Cc1ccc(-c2noc(CN)c2C)cc1. The summed E-state index contributed by atoms with van der Waals surface area (Å²) in [5, 5.41) is 4.03. The van der Waals surface area contributed by atoms with Gasteiger partial charge in [0, 0.05) is 11.1 Å². The minimum absolute atomic E-state index is 0.394. The van der Waals surface area contributed by atoms with Gasteiger partial charge in [-0.15, -0.1) is 0 Å². The van der Waals surface area contributed by atoms with Crippen LogP contribution in [0.1, 0.15) is 16.9 Å². The monoisotopic (exact) mass is 202 g/mol. The maximum atomic E-state index is 5.53. The van der Waals surface area contributed by atoms with E-state index in [0.717, 1.165) is 22.6 Å². The van der Waals surface area contributed by atoms with Gasteiger partial charge in [0.1, 0.15) is 5.69 Å². The van der Waals surface area contributed by atoms with Gasteiger partial charge in [-0.3, -0.25) is 0 Å². The third-order valence-electron chi connectivity index (χ3n) is 2.53. The Morgan fingerprint density at radius 3 is 2.40 bits per heavy atom. The molecule has 0 saturated heterocycles. The van der Waals surface area contributed by atoms with Crippen LogP contribution in [-0.2, 0) is 6.54 Å². The Balaban J connectivity index is 2.45. The predicted molar refractivity (Wildman–Crippen MR) is 59.3 cm³/mol. The van der Waals surface area contributed by atoms with E-state index in [9.17, 15) is 0 Å². The second-order valence-electron chi connectivity index (χ2n) is 3.65. The quantitative estimate of drug-likeness (QED) is 0.813. The lowest BCUT2D eigenvalue weighted by atomic mass is 10.1. The molecule has 1 aromatic heterocycles. The number of hydrogen-bond donors (Lipinski definition) is 1. The van der Waals surface area contributed by atoms with Gasteiger partial charge in [0.05, 0.1) is 6.54 Å². The van der Waals surface area contributed by atoms with Gasteiger partial charge in [0.2, 0.25) is 0 Å². The Hall–Kier alpha value is -1.61. The minimum Gasteiger partial charge on any atom is -0.359 e. The molecule has 3 nitrogen and oxygen atoms in total. The zero-order valence-corrected chi connectivity index (χ0v) is 8.95. The molecule has 0 spiro atoms. The van der Waals surface area contributed by atoms with Crippen LogP contribution in [0, 0.1) is 13.8 Å². The first-order valence-corrected chi connectivity index (χ1v) is 4.94. The number of hydrogen-bond acceptors (Lipinski definition) is 3.